The molecule has 0 fully saturated rings. The maximum atomic E-state index is 10.4. The van der Waals surface area contributed by atoms with E-state index in [4.69, 9.17) is 0 Å². The fraction of sp³-hybridized carbons (Fsp3) is 0.571. The van der Waals surface area contributed by atoms with Crippen LogP contribution in [0.4, 0.5) is 0 Å². The van der Waals surface area contributed by atoms with Crippen molar-refractivity contribution in [3.63, 3.8) is 0 Å². The van der Waals surface area contributed by atoms with Crippen molar-refractivity contribution in [2.45, 2.75) is 46.0 Å². The van der Waals surface area contributed by atoms with Gasteiger partial charge < -0.3 is 14.4 Å². The van der Waals surface area contributed by atoms with Gasteiger partial charge in [-0.3, -0.25) is 0 Å². The molecule has 0 aliphatic rings. The first kappa shape index (κ1) is 22.8. The molecule has 0 N–H and O–H groups in total. The van der Waals surface area contributed by atoms with Gasteiger partial charge in [-0.1, -0.05) is 44.2 Å². The van der Waals surface area contributed by atoms with Gasteiger partial charge in [0.05, 0.1) is 0 Å². The summed E-state index contributed by atoms with van der Waals surface area (Å²) in [6.45, 7) is 4.20. The van der Waals surface area contributed by atoms with Gasteiger partial charge in [-0.2, -0.15) is 0 Å². The van der Waals surface area contributed by atoms with Crippen LogP contribution in [0.1, 0.15) is 42.4 Å². The van der Waals surface area contributed by atoms with E-state index in [0.29, 0.717) is 6.42 Å². The van der Waals surface area contributed by atoms with Crippen LogP contribution in [-0.4, -0.2) is 6.16 Å². The predicted octanol–water partition coefficient (Wildman–Crippen LogP) is -3.67. The second kappa shape index (κ2) is 11.2. The zero-order chi connectivity index (χ0) is 13.6. The molecule has 3 nitrogen and oxygen atoms in total. The molecule has 0 aliphatic heterocycles. The van der Waals surface area contributed by atoms with Crippen LogP contribution in [0.15, 0.2) is 18.2 Å². The van der Waals surface area contributed by atoms with Crippen molar-refractivity contribution in [1.82, 2.24) is 0 Å². The van der Waals surface area contributed by atoms with E-state index in [1.54, 1.807) is 0 Å². The SMILES string of the molecule is Cc1ccc(C)c(CCCCCCP(=O)([O-])[O-])c1.[Li+].[Li+]. The number of aryl methyl sites for hydroxylation is 3. The van der Waals surface area contributed by atoms with Gasteiger partial charge in [-0.25, -0.2) is 0 Å². The summed E-state index contributed by atoms with van der Waals surface area (Å²) >= 11 is 0. The Morgan fingerprint density at radius 1 is 1.00 bits per heavy atom. The molecule has 0 saturated heterocycles. The van der Waals surface area contributed by atoms with E-state index < -0.39 is 7.60 Å². The molecule has 0 spiro atoms. The molecule has 0 atom stereocenters. The van der Waals surface area contributed by atoms with Gasteiger partial charge in [-0.05, 0) is 50.4 Å². The molecule has 0 aliphatic carbocycles. The van der Waals surface area contributed by atoms with Crippen molar-refractivity contribution in [3.05, 3.63) is 34.9 Å². The molecule has 6 heteroatoms. The average Bonchev–Trinajstić information content (AvgIpc) is 2.26. The van der Waals surface area contributed by atoms with Gasteiger partial charge in [0.15, 0.2) is 0 Å². The summed E-state index contributed by atoms with van der Waals surface area (Å²) in [4.78, 5) is 20.9. The van der Waals surface area contributed by atoms with Crippen molar-refractivity contribution in [1.29, 1.82) is 0 Å². The molecular weight excluding hydrogens is 261 g/mol. The van der Waals surface area contributed by atoms with Crippen LogP contribution in [0.25, 0.3) is 0 Å². The second-order valence-electron chi connectivity index (χ2n) is 4.93. The molecule has 0 heterocycles. The fourth-order valence-corrected chi connectivity index (χ4v) is 2.65. The van der Waals surface area contributed by atoms with E-state index in [9.17, 15) is 14.4 Å². The quantitative estimate of drug-likeness (QED) is 0.294. The molecule has 0 radical (unpaired) electrons. The number of unbranched alkanes of at least 4 members (excludes halogenated alkanes) is 3. The van der Waals surface area contributed by atoms with Crippen molar-refractivity contribution in [2.75, 3.05) is 6.16 Å². The predicted molar refractivity (Wildman–Crippen MR) is 70.6 cm³/mol. The van der Waals surface area contributed by atoms with Crippen molar-refractivity contribution in [2.24, 2.45) is 0 Å². The van der Waals surface area contributed by atoms with E-state index in [1.807, 2.05) is 0 Å². The molecule has 1 aromatic carbocycles. The van der Waals surface area contributed by atoms with E-state index in [-0.39, 0.29) is 43.9 Å². The minimum Gasteiger partial charge on any atom is -0.811 e. The first-order valence-electron chi connectivity index (χ1n) is 6.46. The van der Waals surface area contributed by atoms with E-state index in [0.717, 1.165) is 25.7 Å². The zero-order valence-electron chi connectivity index (χ0n) is 13.1. The van der Waals surface area contributed by atoms with Gasteiger partial charge in [0.1, 0.15) is 0 Å². The molecule has 1 rings (SSSR count). The third-order valence-electron chi connectivity index (χ3n) is 3.13. The molecular formula is C14H21Li2O3P. The first-order valence-corrected chi connectivity index (χ1v) is 8.18. The van der Waals surface area contributed by atoms with Crippen molar-refractivity contribution >= 4 is 7.60 Å². The zero-order valence-corrected chi connectivity index (χ0v) is 14.0. The van der Waals surface area contributed by atoms with Crippen molar-refractivity contribution in [3.8, 4) is 0 Å². The molecule has 0 amide bonds. The summed E-state index contributed by atoms with van der Waals surface area (Å²) in [5, 5.41) is 0. The Hall–Kier alpha value is 0.565. The first-order chi connectivity index (χ1) is 8.38. The molecule has 0 bridgehead atoms. The van der Waals surface area contributed by atoms with Crippen LogP contribution in [0, 0.1) is 13.8 Å². The molecule has 0 saturated carbocycles. The van der Waals surface area contributed by atoms with Gasteiger partial charge in [0.2, 0.25) is 0 Å². The van der Waals surface area contributed by atoms with Crippen LogP contribution in [0.3, 0.4) is 0 Å². The summed E-state index contributed by atoms with van der Waals surface area (Å²) in [5.41, 5.74) is 3.95. The summed E-state index contributed by atoms with van der Waals surface area (Å²) in [6.07, 6.45) is 4.17. The van der Waals surface area contributed by atoms with Crippen LogP contribution in [-0.2, 0) is 11.0 Å². The topological polar surface area (TPSA) is 63.2 Å². The Labute approximate surface area is 146 Å². The molecule has 0 unspecified atom stereocenters. The normalized spacial score (nSPS) is 10.6. The van der Waals surface area contributed by atoms with Gasteiger partial charge in [-0.15, -0.1) is 0 Å². The molecule has 1 aromatic rings. The Morgan fingerprint density at radius 2 is 1.60 bits per heavy atom. The maximum absolute atomic E-state index is 10.4. The average molecular weight is 282 g/mol. The minimum absolute atomic E-state index is 0. The third kappa shape index (κ3) is 10.3. The monoisotopic (exact) mass is 282 g/mol. The Bertz CT molecular complexity index is 432. The van der Waals surface area contributed by atoms with Gasteiger partial charge in [0.25, 0.3) is 0 Å². The number of benzene rings is 1. The molecule has 0 aromatic heterocycles. The van der Waals surface area contributed by atoms with Crippen LogP contribution < -0.4 is 47.5 Å². The summed E-state index contributed by atoms with van der Waals surface area (Å²) in [6, 6.07) is 6.45. The number of hydrogen-bond donors (Lipinski definition) is 0. The second-order valence-corrected chi connectivity index (χ2v) is 6.60. The Morgan fingerprint density at radius 3 is 2.20 bits per heavy atom. The molecule has 20 heavy (non-hydrogen) atoms. The largest absolute Gasteiger partial charge is 1.00 e. The van der Waals surface area contributed by atoms with Crippen LogP contribution in [0.5, 0.6) is 0 Å². The number of rotatable bonds is 7. The van der Waals surface area contributed by atoms with E-state index in [1.165, 1.54) is 16.7 Å². The fourth-order valence-electron chi connectivity index (χ4n) is 2.04. The maximum Gasteiger partial charge on any atom is 1.00 e. The summed E-state index contributed by atoms with van der Waals surface area (Å²) in [5.74, 6) is 0. The Kier molecular flexibility index (Phi) is 12.8. The van der Waals surface area contributed by atoms with E-state index in [2.05, 4.69) is 32.0 Å². The third-order valence-corrected chi connectivity index (χ3v) is 4.00. The van der Waals surface area contributed by atoms with Crippen LogP contribution in [0.2, 0.25) is 0 Å². The summed E-state index contributed by atoms with van der Waals surface area (Å²) in [7, 11) is -4.29. The number of hydrogen-bond acceptors (Lipinski definition) is 3. The van der Waals surface area contributed by atoms with E-state index >= 15 is 0 Å². The van der Waals surface area contributed by atoms with Gasteiger partial charge in [0, 0.05) is 0 Å². The minimum atomic E-state index is -4.29. The summed E-state index contributed by atoms with van der Waals surface area (Å²) < 4.78 is 10.4. The smallest absolute Gasteiger partial charge is 0.811 e. The van der Waals surface area contributed by atoms with Crippen LogP contribution >= 0.6 is 7.60 Å². The Balaban J connectivity index is 0. The van der Waals surface area contributed by atoms with Gasteiger partial charge >= 0.3 is 37.7 Å². The standard InChI is InChI=1S/C14H23O3P.2Li/c1-12-8-9-13(2)14(11-12)7-5-3-4-6-10-18(15,16)17;;/h8-9,11H,3-7,10H2,1-2H3,(H2,15,16,17);;/q;2*+1/p-2. The molecule has 102 valence electrons. The van der Waals surface area contributed by atoms with Crippen molar-refractivity contribution < 1.29 is 52.1 Å².